The SMILES string of the molecule is C=C[C@H](OO)[C@H](O)C(C)C. The van der Waals surface area contributed by atoms with E-state index in [1.165, 1.54) is 6.08 Å². The van der Waals surface area contributed by atoms with E-state index in [0.717, 1.165) is 0 Å². The summed E-state index contributed by atoms with van der Waals surface area (Å²) >= 11 is 0. The van der Waals surface area contributed by atoms with Gasteiger partial charge in [-0.1, -0.05) is 19.9 Å². The van der Waals surface area contributed by atoms with Crippen LogP contribution in [0.15, 0.2) is 12.7 Å². The van der Waals surface area contributed by atoms with Crippen molar-refractivity contribution in [2.75, 3.05) is 0 Å². The van der Waals surface area contributed by atoms with Crippen molar-refractivity contribution in [3.05, 3.63) is 12.7 Å². The molecule has 60 valence electrons. The zero-order valence-corrected chi connectivity index (χ0v) is 6.32. The maximum Gasteiger partial charge on any atom is 0.137 e. The standard InChI is InChI=1S/C7H14O3/c1-4-6(10-9)7(8)5(2)3/h4-9H,1H2,2-3H3/t6-,7+/m0/s1. The van der Waals surface area contributed by atoms with E-state index >= 15 is 0 Å². The molecule has 0 bridgehead atoms. The zero-order valence-electron chi connectivity index (χ0n) is 6.32. The minimum atomic E-state index is -0.692. The topological polar surface area (TPSA) is 49.7 Å². The van der Waals surface area contributed by atoms with Crippen molar-refractivity contribution >= 4 is 0 Å². The van der Waals surface area contributed by atoms with Crippen LogP contribution in [0, 0.1) is 5.92 Å². The van der Waals surface area contributed by atoms with Gasteiger partial charge in [0, 0.05) is 0 Å². The maximum absolute atomic E-state index is 9.23. The van der Waals surface area contributed by atoms with Crippen LogP contribution in [0.5, 0.6) is 0 Å². The Balaban J connectivity index is 3.87. The second kappa shape index (κ2) is 4.44. The number of rotatable bonds is 4. The molecule has 10 heavy (non-hydrogen) atoms. The van der Waals surface area contributed by atoms with Gasteiger partial charge < -0.3 is 5.11 Å². The lowest BCUT2D eigenvalue weighted by Gasteiger charge is -2.19. The predicted molar refractivity (Wildman–Crippen MR) is 38.5 cm³/mol. The fourth-order valence-corrected chi connectivity index (χ4v) is 0.624. The molecule has 0 aliphatic heterocycles. The molecule has 0 aromatic rings. The van der Waals surface area contributed by atoms with Crippen molar-refractivity contribution < 1.29 is 15.3 Å². The van der Waals surface area contributed by atoms with Gasteiger partial charge in [0.25, 0.3) is 0 Å². The molecule has 0 aromatic carbocycles. The highest BCUT2D eigenvalue weighted by Crippen LogP contribution is 2.08. The van der Waals surface area contributed by atoms with Gasteiger partial charge in [0.1, 0.15) is 6.10 Å². The summed E-state index contributed by atoms with van der Waals surface area (Å²) in [4.78, 5) is 3.95. The zero-order chi connectivity index (χ0) is 8.15. The van der Waals surface area contributed by atoms with Crippen molar-refractivity contribution in [2.24, 2.45) is 5.92 Å². The van der Waals surface area contributed by atoms with Gasteiger partial charge in [0.15, 0.2) is 0 Å². The number of hydrogen-bond acceptors (Lipinski definition) is 3. The van der Waals surface area contributed by atoms with Crippen LogP contribution in [0.2, 0.25) is 0 Å². The van der Waals surface area contributed by atoms with Gasteiger partial charge in [-0.25, -0.2) is 4.89 Å². The average Bonchev–Trinajstić information content (AvgIpc) is 1.90. The van der Waals surface area contributed by atoms with Crippen LogP contribution < -0.4 is 0 Å². The van der Waals surface area contributed by atoms with Crippen LogP contribution in [0.25, 0.3) is 0 Å². The minimum absolute atomic E-state index is 0.0511. The molecule has 0 saturated heterocycles. The summed E-state index contributed by atoms with van der Waals surface area (Å²) in [5.74, 6) is 0.0511. The molecule has 0 unspecified atom stereocenters. The highest BCUT2D eigenvalue weighted by Gasteiger charge is 2.19. The summed E-state index contributed by atoms with van der Waals surface area (Å²) in [6.45, 7) is 7.06. The van der Waals surface area contributed by atoms with E-state index in [1.807, 2.05) is 13.8 Å². The molecule has 2 N–H and O–H groups in total. The highest BCUT2D eigenvalue weighted by molar-refractivity contribution is 4.86. The van der Waals surface area contributed by atoms with E-state index < -0.39 is 12.2 Å². The van der Waals surface area contributed by atoms with Gasteiger partial charge in [0.05, 0.1) is 6.10 Å². The molecule has 0 rings (SSSR count). The fourth-order valence-electron chi connectivity index (χ4n) is 0.624. The lowest BCUT2D eigenvalue weighted by Crippen LogP contribution is -2.30. The predicted octanol–water partition coefficient (Wildman–Crippen LogP) is 1.05. The maximum atomic E-state index is 9.23. The molecule has 0 aliphatic carbocycles. The van der Waals surface area contributed by atoms with Gasteiger partial charge >= 0.3 is 0 Å². The third kappa shape index (κ3) is 2.47. The van der Waals surface area contributed by atoms with Crippen molar-refractivity contribution in [1.29, 1.82) is 0 Å². The van der Waals surface area contributed by atoms with Crippen molar-refractivity contribution in [1.82, 2.24) is 0 Å². The Morgan fingerprint density at radius 1 is 1.50 bits per heavy atom. The van der Waals surface area contributed by atoms with E-state index in [1.54, 1.807) is 0 Å². The van der Waals surface area contributed by atoms with E-state index in [4.69, 9.17) is 5.26 Å². The van der Waals surface area contributed by atoms with Crippen molar-refractivity contribution in [3.8, 4) is 0 Å². The normalized spacial score (nSPS) is 16.9. The molecular weight excluding hydrogens is 132 g/mol. The Hall–Kier alpha value is -0.380. The summed E-state index contributed by atoms with van der Waals surface area (Å²) in [5, 5.41) is 17.4. The Kier molecular flexibility index (Phi) is 4.27. The molecule has 3 heteroatoms. The van der Waals surface area contributed by atoms with Crippen LogP contribution in [0.4, 0.5) is 0 Å². The number of aliphatic hydroxyl groups is 1. The van der Waals surface area contributed by atoms with Gasteiger partial charge in [-0.3, -0.25) is 5.26 Å². The first-order chi connectivity index (χ1) is 4.63. The molecule has 3 nitrogen and oxygen atoms in total. The molecule has 0 heterocycles. The first kappa shape index (κ1) is 9.62. The first-order valence-electron chi connectivity index (χ1n) is 3.24. The fraction of sp³-hybridized carbons (Fsp3) is 0.714. The largest absolute Gasteiger partial charge is 0.390 e. The minimum Gasteiger partial charge on any atom is -0.390 e. The third-order valence-corrected chi connectivity index (χ3v) is 1.37. The van der Waals surface area contributed by atoms with Gasteiger partial charge in [0.2, 0.25) is 0 Å². The van der Waals surface area contributed by atoms with Crippen LogP contribution >= 0.6 is 0 Å². The molecule has 2 atom stereocenters. The van der Waals surface area contributed by atoms with Crippen molar-refractivity contribution in [2.45, 2.75) is 26.1 Å². The van der Waals surface area contributed by atoms with Crippen molar-refractivity contribution in [3.63, 3.8) is 0 Å². The quantitative estimate of drug-likeness (QED) is 0.354. The lowest BCUT2D eigenvalue weighted by molar-refractivity contribution is -0.286. The molecular formula is C7H14O3. The Morgan fingerprint density at radius 2 is 2.00 bits per heavy atom. The van der Waals surface area contributed by atoms with E-state index in [9.17, 15) is 5.11 Å². The smallest absolute Gasteiger partial charge is 0.137 e. The van der Waals surface area contributed by atoms with Crippen LogP contribution in [0.3, 0.4) is 0 Å². The Labute approximate surface area is 60.9 Å². The summed E-state index contributed by atoms with van der Waals surface area (Å²) in [6, 6.07) is 0. The summed E-state index contributed by atoms with van der Waals surface area (Å²) in [6.07, 6.45) is -0.00694. The first-order valence-corrected chi connectivity index (χ1v) is 3.24. The Bertz CT molecular complexity index is 101. The molecule has 0 aliphatic rings. The molecule has 0 fully saturated rings. The Morgan fingerprint density at radius 3 is 2.10 bits per heavy atom. The van der Waals surface area contributed by atoms with E-state index in [0.29, 0.717) is 0 Å². The molecule has 0 spiro atoms. The van der Waals surface area contributed by atoms with E-state index in [-0.39, 0.29) is 5.92 Å². The van der Waals surface area contributed by atoms with Crippen LogP contribution in [-0.2, 0) is 4.89 Å². The second-order valence-corrected chi connectivity index (χ2v) is 2.54. The third-order valence-electron chi connectivity index (χ3n) is 1.37. The number of aliphatic hydroxyl groups excluding tert-OH is 1. The van der Waals surface area contributed by atoms with E-state index in [2.05, 4.69) is 11.5 Å². The van der Waals surface area contributed by atoms with Gasteiger partial charge in [-0.15, -0.1) is 6.58 Å². The molecule has 0 saturated carbocycles. The summed E-state index contributed by atoms with van der Waals surface area (Å²) < 4.78 is 0. The monoisotopic (exact) mass is 146 g/mol. The van der Waals surface area contributed by atoms with Crippen LogP contribution in [-0.4, -0.2) is 22.6 Å². The highest BCUT2D eigenvalue weighted by atomic mass is 17.1. The summed E-state index contributed by atoms with van der Waals surface area (Å²) in [5.41, 5.74) is 0. The van der Waals surface area contributed by atoms with Gasteiger partial charge in [-0.2, -0.15) is 0 Å². The number of hydrogen-bond donors (Lipinski definition) is 2. The lowest BCUT2D eigenvalue weighted by atomic mass is 10.0. The second-order valence-electron chi connectivity index (χ2n) is 2.54. The molecule has 0 aromatic heterocycles. The molecule has 0 amide bonds. The molecule has 0 radical (unpaired) electrons. The average molecular weight is 146 g/mol. The summed E-state index contributed by atoms with van der Waals surface area (Å²) in [7, 11) is 0. The van der Waals surface area contributed by atoms with Crippen LogP contribution in [0.1, 0.15) is 13.8 Å². The van der Waals surface area contributed by atoms with Gasteiger partial charge in [-0.05, 0) is 5.92 Å².